The molecule has 0 saturated heterocycles. The summed E-state index contributed by atoms with van der Waals surface area (Å²) < 4.78 is 5.12. The second kappa shape index (κ2) is 4.78. The van der Waals surface area contributed by atoms with E-state index in [1.165, 1.54) is 12.7 Å². The Bertz CT molecular complexity index is 606. The minimum Gasteiger partial charge on any atom is -0.468 e. The van der Waals surface area contributed by atoms with Crippen LogP contribution in [-0.4, -0.2) is 13.1 Å². The van der Waals surface area contributed by atoms with Crippen LogP contribution < -0.4 is 0 Å². The number of hydrogen-bond acceptors (Lipinski definition) is 2. The molecular weight excluding hydrogens is 248 g/mol. The molecule has 3 atom stereocenters. The molecule has 3 rings (SSSR count). The first-order valence-electron chi connectivity index (χ1n) is 6.91. The van der Waals surface area contributed by atoms with E-state index < -0.39 is 5.41 Å². The number of esters is 1. The monoisotopic (exact) mass is 266 g/mol. The van der Waals surface area contributed by atoms with Crippen molar-refractivity contribution in [1.29, 1.82) is 0 Å². The van der Waals surface area contributed by atoms with Gasteiger partial charge in [-0.3, -0.25) is 4.79 Å². The average Bonchev–Trinajstić information content (AvgIpc) is 3.15. The summed E-state index contributed by atoms with van der Waals surface area (Å²) in [6.07, 6.45) is 0. The van der Waals surface area contributed by atoms with Crippen LogP contribution >= 0.6 is 0 Å². The van der Waals surface area contributed by atoms with E-state index in [1.54, 1.807) is 0 Å². The Morgan fingerprint density at radius 1 is 1.00 bits per heavy atom. The Morgan fingerprint density at radius 2 is 1.55 bits per heavy atom. The van der Waals surface area contributed by atoms with Gasteiger partial charge in [-0.2, -0.15) is 0 Å². The van der Waals surface area contributed by atoms with Gasteiger partial charge in [-0.25, -0.2) is 0 Å². The van der Waals surface area contributed by atoms with Crippen LogP contribution in [0.4, 0.5) is 0 Å². The van der Waals surface area contributed by atoms with Crippen molar-refractivity contribution >= 4 is 5.97 Å². The third-order valence-corrected chi connectivity index (χ3v) is 4.53. The van der Waals surface area contributed by atoms with Crippen molar-refractivity contribution in [1.82, 2.24) is 0 Å². The molecule has 0 spiro atoms. The maximum atomic E-state index is 12.5. The molecular formula is C18H18O2. The molecule has 0 aliphatic heterocycles. The van der Waals surface area contributed by atoms with Gasteiger partial charge in [0.05, 0.1) is 7.11 Å². The molecule has 20 heavy (non-hydrogen) atoms. The molecule has 0 radical (unpaired) electrons. The molecule has 2 heteroatoms. The predicted octanol–water partition coefficient (Wildman–Crippen LogP) is 3.53. The zero-order chi connectivity index (χ0) is 14.2. The van der Waals surface area contributed by atoms with Gasteiger partial charge in [0.1, 0.15) is 5.41 Å². The normalized spacial score (nSPS) is 27.9. The lowest BCUT2D eigenvalue weighted by Gasteiger charge is -2.16. The van der Waals surface area contributed by atoms with E-state index in [-0.39, 0.29) is 17.8 Å². The lowest BCUT2D eigenvalue weighted by Crippen LogP contribution is -2.25. The third-order valence-electron chi connectivity index (χ3n) is 4.53. The quantitative estimate of drug-likeness (QED) is 0.794. The van der Waals surface area contributed by atoms with Crippen molar-refractivity contribution < 1.29 is 9.53 Å². The van der Waals surface area contributed by atoms with Crippen molar-refractivity contribution in [2.24, 2.45) is 5.92 Å². The van der Waals surface area contributed by atoms with Crippen molar-refractivity contribution in [3.8, 4) is 0 Å². The lowest BCUT2D eigenvalue weighted by molar-refractivity contribution is -0.144. The number of ether oxygens (including phenoxy) is 1. The van der Waals surface area contributed by atoms with Gasteiger partial charge in [-0.05, 0) is 17.0 Å². The zero-order valence-corrected chi connectivity index (χ0v) is 11.7. The van der Waals surface area contributed by atoms with Gasteiger partial charge in [0, 0.05) is 5.92 Å². The minimum atomic E-state index is -0.530. The highest BCUT2D eigenvalue weighted by atomic mass is 16.5. The lowest BCUT2D eigenvalue weighted by atomic mass is 9.90. The van der Waals surface area contributed by atoms with Crippen LogP contribution in [0.15, 0.2) is 60.7 Å². The van der Waals surface area contributed by atoms with Crippen LogP contribution in [0.2, 0.25) is 0 Å². The summed E-state index contributed by atoms with van der Waals surface area (Å²) >= 11 is 0. The number of benzene rings is 2. The number of carbonyl (C=O) groups is 1. The fourth-order valence-electron chi connectivity index (χ4n) is 3.53. The molecule has 0 N–H and O–H groups in total. The van der Waals surface area contributed by atoms with E-state index in [0.717, 1.165) is 5.56 Å². The van der Waals surface area contributed by atoms with E-state index in [0.29, 0.717) is 0 Å². The Morgan fingerprint density at radius 3 is 2.10 bits per heavy atom. The standard InChI is InChI=1S/C18H18O2/c1-13-16(14-9-5-3-6-10-14)18(13,17(19)20-2)15-11-7-4-8-12-15/h3-13,16H,1-2H3/t13-,16+,18-/m1/s1. The van der Waals surface area contributed by atoms with Gasteiger partial charge < -0.3 is 4.74 Å². The second-order valence-corrected chi connectivity index (χ2v) is 5.40. The number of carbonyl (C=O) groups excluding carboxylic acids is 1. The van der Waals surface area contributed by atoms with Crippen molar-refractivity contribution in [2.75, 3.05) is 7.11 Å². The fraction of sp³-hybridized carbons (Fsp3) is 0.278. The van der Waals surface area contributed by atoms with Gasteiger partial charge in [0.25, 0.3) is 0 Å². The molecule has 102 valence electrons. The molecule has 0 bridgehead atoms. The highest BCUT2D eigenvalue weighted by Crippen LogP contribution is 2.65. The molecule has 1 aliphatic carbocycles. The number of hydrogen-bond donors (Lipinski definition) is 0. The topological polar surface area (TPSA) is 26.3 Å². The first-order valence-corrected chi connectivity index (χ1v) is 6.91. The van der Waals surface area contributed by atoms with Crippen molar-refractivity contribution in [3.05, 3.63) is 71.8 Å². The molecule has 0 heterocycles. The summed E-state index contributed by atoms with van der Waals surface area (Å²) in [5.74, 6) is 0.309. The van der Waals surface area contributed by atoms with E-state index in [1.807, 2.05) is 48.5 Å². The van der Waals surface area contributed by atoms with Gasteiger partial charge >= 0.3 is 5.97 Å². The highest BCUT2D eigenvalue weighted by Gasteiger charge is 2.69. The summed E-state index contributed by atoms with van der Waals surface area (Å²) in [7, 11) is 1.47. The molecule has 2 nitrogen and oxygen atoms in total. The van der Waals surface area contributed by atoms with Crippen LogP contribution in [0, 0.1) is 5.92 Å². The van der Waals surface area contributed by atoms with Gasteiger partial charge in [-0.15, -0.1) is 0 Å². The zero-order valence-electron chi connectivity index (χ0n) is 11.7. The molecule has 1 saturated carbocycles. The number of methoxy groups -OCH3 is 1. The van der Waals surface area contributed by atoms with Crippen LogP contribution in [0.5, 0.6) is 0 Å². The fourth-order valence-corrected chi connectivity index (χ4v) is 3.53. The maximum Gasteiger partial charge on any atom is 0.317 e. The third kappa shape index (κ3) is 1.68. The molecule has 1 fully saturated rings. The van der Waals surface area contributed by atoms with Crippen molar-refractivity contribution in [2.45, 2.75) is 18.3 Å². The average molecular weight is 266 g/mol. The second-order valence-electron chi connectivity index (χ2n) is 5.40. The van der Waals surface area contributed by atoms with E-state index in [4.69, 9.17) is 4.74 Å². The maximum absolute atomic E-state index is 12.5. The van der Waals surface area contributed by atoms with Crippen LogP contribution in [0.25, 0.3) is 0 Å². The minimum absolute atomic E-state index is 0.134. The molecule has 2 aromatic rings. The summed E-state index contributed by atoms with van der Waals surface area (Å²) in [4.78, 5) is 12.5. The van der Waals surface area contributed by atoms with Crippen LogP contribution in [0.3, 0.4) is 0 Å². The molecule has 0 unspecified atom stereocenters. The summed E-state index contributed by atoms with van der Waals surface area (Å²) in [6.45, 7) is 2.13. The SMILES string of the molecule is COC(=O)[C@@]1(c2ccccc2)[C@H](C)[C@H]1c1ccccc1. The largest absolute Gasteiger partial charge is 0.468 e. The van der Waals surface area contributed by atoms with Crippen LogP contribution in [0.1, 0.15) is 24.0 Å². The molecule has 2 aromatic carbocycles. The number of rotatable bonds is 3. The van der Waals surface area contributed by atoms with Crippen molar-refractivity contribution in [3.63, 3.8) is 0 Å². The Labute approximate surface area is 119 Å². The Balaban J connectivity index is 2.09. The Kier molecular flexibility index (Phi) is 3.09. The molecule has 0 aromatic heterocycles. The summed E-state index contributed by atoms with van der Waals surface area (Å²) in [5.41, 5.74) is 1.72. The van der Waals surface area contributed by atoms with E-state index >= 15 is 0 Å². The first-order chi connectivity index (χ1) is 9.72. The van der Waals surface area contributed by atoms with E-state index in [2.05, 4.69) is 19.1 Å². The first kappa shape index (κ1) is 12.9. The smallest absolute Gasteiger partial charge is 0.317 e. The molecule has 1 aliphatic rings. The van der Waals surface area contributed by atoms with Gasteiger partial charge in [0.2, 0.25) is 0 Å². The predicted molar refractivity (Wildman–Crippen MR) is 78.5 cm³/mol. The van der Waals surface area contributed by atoms with E-state index in [9.17, 15) is 4.79 Å². The molecule has 0 amide bonds. The summed E-state index contributed by atoms with van der Waals surface area (Å²) in [5, 5.41) is 0. The van der Waals surface area contributed by atoms with Crippen LogP contribution in [-0.2, 0) is 14.9 Å². The Hall–Kier alpha value is -2.09. The van der Waals surface area contributed by atoms with Gasteiger partial charge in [0.15, 0.2) is 0 Å². The highest BCUT2D eigenvalue weighted by molar-refractivity contribution is 5.90. The summed E-state index contributed by atoms with van der Waals surface area (Å²) in [6, 6.07) is 20.2. The van der Waals surface area contributed by atoms with Gasteiger partial charge in [-0.1, -0.05) is 67.6 Å².